The van der Waals surface area contributed by atoms with Gasteiger partial charge >= 0.3 is 0 Å². The lowest BCUT2D eigenvalue weighted by molar-refractivity contribution is 0.228. The highest BCUT2D eigenvalue weighted by molar-refractivity contribution is 9.10. The molecule has 0 bridgehead atoms. The summed E-state index contributed by atoms with van der Waals surface area (Å²) in [6, 6.07) is 4.88. The second kappa shape index (κ2) is 6.16. The molecule has 1 aliphatic rings. The first kappa shape index (κ1) is 14.0. The molecule has 1 aromatic rings. The van der Waals surface area contributed by atoms with Crippen LogP contribution in [0.25, 0.3) is 0 Å². The summed E-state index contributed by atoms with van der Waals surface area (Å²) in [5, 5.41) is 0. The van der Waals surface area contributed by atoms with Crippen LogP contribution in [0.5, 0.6) is 0 Å². The quantitative estimate of drug-likeness (QED) is 0.852. The lowest BCUT2D eigenvalue weighted by Gasteiger charge is -2.32. The summed E-state index contributed by atoms with van der Waals surface area (Å²) >= 11 is 3.39. The number of benzene rings is 1. The van der Waals surface area contributed by atoms with Gasteiger partial charge < -0.3 is 5.73 Å². The van der Waals surface area contributed by atoms with Crippen molar-refractivity contribution in [3.63, 3.8) is 0 Å². The Balaban J connectivity index is 2.14. The molecule has 0 spiro atoms. The first-order valence-corrected chi connectivity index (χ1v) is 7.61. The van der Waals surface area contributed by atoms with Crippen molar-refractivity contribution >= 4 is 15.9 Å². The third kappa shape index (κ3) is 3.12. The van der Waals surface area contributed by atoms with E-state index in [9.17, 15) is 4.39 Å². The van der Waals surface area contributed by atoms with Gasteiger partial charge in [-0.05, 0) is 42.9 Å². The van der Waals surface area contributed by atoms with Crippen molar-refractivity contribution in [2.24, 2.45) is 17.6 Å². The number of hydrogen-bond donors (Lipinski definition) is 1. The summed E-state index contributed by atoms with van der Waals surface area (Å²) in [5.41, 5.74) is 6.95. The third-order valence-electron chi connectivity index (χ3n) is 4.23. The minimum atomic E-state index is -0.177. The van der Waals surface area contributed by atoms with E-state index in [1.165, 1.54) is 25.3 Å². The van der Waals surface area contributed by atoms with Crippen LogP contribution in [0.15, 0.2) is 22.7 Å². The van der Waals surface area contributed by atoms with Gasteiger partial charge in [-0.25, -0.2) is 4.39 Å². The molecule has 3 atom stereocenters. The summed E-state index contributed by atoms with van der Waals surface area (Å²) in [5.74, 6) is 1.02. The zero-order chi connectivity index (χ0) is 13.1. The maximum Gasteiger partial charge on any atom is 0.128 e. The number of halogens is 2. The van der Waals surface area contributed by atoms with E-state index in [1.807, 2.05) is 6.07 Å². The van der Waals surface area contributed by atoms with Crippen molar-refractivity contribution in [3.05, 3.63) is 34.1 Å². The molecule has 1 nitrogen and oxygen atoms in total. The Bertz CT molecular complexity index is 407. The van der Waals surface area contributed by atoms with E-state index in [4.69, 9.17) is 5.73 Å². The van der Waals surface area contributed by atoms with Gasteiger partial charge in [0.1, 0.15) is 5.82 Å². The van der Waals surface area contributed by atoms with E-state index in [-0.39, 0.29) is 11.9 Å². The van der Waals surface area contributed by atoms with Gasteiger partial charge in [0.25, 0.3) is 0 Å². The van der Waals surface area contributed by atoms with Crippen molar-refractivity contribution in [3.8, 4) is 0 Å². The normalized spacial score (nSPS) is 26.0. The van der Waals surface area contributed by atoms with Gasteiger partial charge in [0.2, 0.25) is 0 Å². The van der Waals surface area contributed by atoms with E-state index >= 15 is 0 Å². The van der Waals surface area contributed by atoms with Crippen LogP contribution in [0, 0.1) is 17.7 Å². The van der Waals surface area contributed by atoms with Crippen molar-refractivity contribution in [1.29, 1.82) is 0 Å². The smallest absolute Gasteiger partial charge is 0.128 e. The molecule has 0 aromatic heterocycles. The maximum absolute atomic E-state index is 13.9. The van der Waals surface area contributed by atoms with E-state index in [1.54, 1.807) is 6.07 Å². The Morgan fingerprint density at radius 2 is 2.22 bits per heavy atom. The summed E-state index contributed by atoms with van der Waals surface area (Å²) < 4.78 is 14.8. The molecule has 100 valence electrons. The van der Waals surface area contributed by atoms with Crippen LogP contribution in [-0.4, -0.2) is 0 Å². The van der Waals surface area contributed by atoms with Gasteiger partial charge in [-0.15, -0.1) is 0 Å². The largest absolute Gasteiger partial charge is 0.324 e. The van der Waals surface area contributed by atoms with Crippen molar-refractivity contribution in [2.45, 2.75) is 45.1 Å². The summed E-state index contributed by atoms with van der Waals surface area (Å²) in [6.45, 7) is 2.23. The molecule has 2 N–H and O–H groups in total. The third-order valence-corrected chi connectivity index (χ3v) is 4.72. The molecule has 1 aliphatic carbocycles. The SMILES string of the molecule is CCC1CCCC(C(N)c2cc(Br)ccc2F)C1. The highest BCUT2D eigenvalue weighted by Crippen LogP contribution is 2.38. The molecule has 0 saturated heterocycles. The fourth-order valence-electron chi connectivity index (χ4n) is 3.05. The monoisotopic (exact) mass is 313 g/mol. The highest BCUT2D eigenvalue weighted by Gasteiger charge is 2.27. The van der Waals surface area contributed by atoms with E-state index in [0.717, 1.165) is 23.2 Å². The molecule has 18 heavy (non-hydrogen) atoms. The second-order valence-corrected chi connectivity index (χ2v) is 6.31. The highest BCUT2D eigenvalue weighted by atomic mass is 79.9. The van der Waals surface area contributed by atoms with Gasteiger partial charge in [-0.3, -0.25) is 0 Å². The number of rotatable bonds is 3. The summed E-state index contributed by atoms with van der Waals surface area (Å²) in [4.78, 5) is 0. The zero-order valence-corrected chi connectivity index (χ0v) is 12.4. The fourth-order valence-corrected chi connectivity index (χ4v) is 3.43. The Labute approximate surface area is 117 Å². The lowest BCUT2D eigenvalue weighted by Crippen LogP contribution is -2.27. The molecular weight excluding hydrogens is 293 g/mol. The van der Waals surface area contributed by atoms with Crippen LogP contribution < -0.4 is 5.73 Å². The summed E-state index contributed by atoms with van der Waals surface area (Å²) in [7, 11) is 0. The Morgan fingerprint density at radius 1 is 1.44 bits per heavy atom. The Kier molecular flexibility index (Phi) is 4.79. The Morgan fingerprint density at radius 3 is 2.94 bits per heavy atom. The molecule has 0 radical (unpaired) electrons. The average molecular weight is 314 g/mol. The molecule has 1 fully saturated rings. The van der Waals surface area contributed by atoms with E-state index < -0.39 is 0 Å². The molecule has 3 heteroatoms. The molecule has 1 saturated carbocycles. The predicted octanol–water partition coefficient (Wildman–Crippen LogP) is 4.80. The number of hydrogen-bond acceptors (Lipinski definition) is 1. The topological polar surface area (TPSA) is 26.0 Å². The van der Waals surface area contributed by atoms with Crippen molar-refractivity contribution in [2.75, 3.05) is 0 Å². The molecule has 1 aromatic carbocycles. The van der Waals surface area contributed by atoms with Gasteiger partial charge in [0.05, 0.1) is 0 Å². The standard InChI is InChI=1S/C15H21BrFN/c1-2-10-4-3-5-11(8-10)15(18)13-9-12(16)6-7-14(13)17/h6-7,9-11,15H,2-5,8,18H2,1H3. The van der Waals surface area contributed by atoms with Crippen LogP contribution in [0.1, 0.15) is 50.6 Å². The van der Waals surface area contributed by atoms with Gasteiger partial charge in [0, 0.05) is 16.1 Å². The lowest BCUT2D eigenvalue weighted by atomic mass is 9.75. The van der Waals surface area contributed by atoms with E-state index in [0.29, 0.717) is 11.5 Å². The van der Waals surface area contributed by atoms with Crippen LogP contribution in [0.4, 0.5) is 4.39 Å². The molecule has 3 unspecified atom stereocenters. The summed E-state index contributed by atoms with van der Waals surface area (Å²) in [6.07, 6.45) is 6.02. The molecule has 0 aliphatic heterocycles. The van der Waals surface area contributed by atoms with E-state index in [2.05, 4.69) is 22.9 Å². The number of nitrogens with two attached hydrogens (primary N) is 1. The maximum atomic E-state index is 13.9. The van der Waals surface area contributed by atoms with Gasteiger partial charge in [0.15, 0.2) is 0 Å². The molecule has 0 heterocycles. The first-order valence-electron chi connectivity index (χ1n) is 6.82. The molecular formula is C15H21BrFN. The Hall–Kier alpha value is -0.410. The van der Waals surface area contributed by atoms with Crippen LogP contribution in [-0.2, 0) is 0 Å². The van der Waals surface area contributed by atoms with Gasteiger partial charge in [-0.1, -0.05) is 42.1 Å². The van der Waals surface area contributed by atoms with Crippen molar-refractivity contribution < 1.29 is 4.39 Å². The van der Waals surface area contributed by atoms with Crippen LogP contribution in [0.2, 0.25) is 0 Å². The van der Waals surface area contributed by atoms with Gasteiger partial charge in [-0.2, -0.15) is 0 Å². The average Bonchev–Trinajstić information content (AvgIpc) is 2.41. The van der Waals surface area contributed by atoms with Crippen molar-refractivity contribution in [1.82, 2.24) is 0 Å². The first-order chi connectivity index (χ1) is 8.61. The van der Waals surface area contributed by atoms with Crippen LogP contribution in [0.3, 0.4) is 0 Å². The minimum Gasteiger partial charge on any atom is -0.324 e. The molecule has 2 rings (SSSR count). The predicted molar refractivity (Wildman–Crippen MR) is 76.8 cm³/mol. The second-order valence-electron chi connectivity index (χ2n) is 5.39. The fraction of sp³-hybridized carbons (Fsp3) is 0.600. The minimum absolute atomic E-state index is 0.170. The molecule has 0 amide bonds. The zero-order valence-electron chi connectivity index (χ0n) is 10.8. The van der Waals surface area contributed by atoms with Crippen LogP contribution >= 0.6 is 15.9 Å².